The molecule has 2 rings (SSSR count). The highest BCUT2D eigenvalue weighted by atomic mass is 32.1. The van der Waals surface area contributed by atoms with Crippen molar-refractivity contribution in [3.63, 3.8) is 0 Å². The molecule has 0 saturated carbocycles. The Morgan fingerprint density at radius 1 is 1.08 bits per heavy atom. The average Bonchev–Trinajstić information content (AvgIpc) is 2.60. The molecule has 0 radical (unpaired) electrons. The first-order valence-electron chi connectivity index (χ1n) is 7.54. The van der Waals surface area contributed by atoms with E-state index in [9.17, 15) is 4.79 Å². The molecule has 0 aromatic heterocycles. The Hall–Kier alpha value is -2.80. The van der Waals surface area contributed by atoms with Gasteiger partial charge in [-0.25, -0.2) is 0 Å². The zero-order valence-corrected chi connectivity index (χ0v) is 15.1. The maximum absolute atomic E-state index is 12.0. The lowest BCUT2D eigenvalue weighted by molar-refractivity contribution is -0.121. The van der Waals surface area contributed by atoms with Gasteiger partial charge in [0.2, 0.25) is 0 Å². The molecule has 2 aromatic rings. The third kappa shape index (κ3) is 5.36. The highest BCUT2D eigenvalue weighted by Gasteiger charge is 2.10. The van der Waals surface area contributed by atoms with Crippen molar-refractivity contribution in [3.8, 4) is 17.2 Å². The number of hydrogen-bond donors (Lipinski definition) is 2. The van der Waals surface area contributed by atoms with Crippen LogP contribution in [0.15, 0.2) is 42.5 Å². The summed E-state index contributed by atoms with van der Waals surface area (Å²) in [6.07, 6.45) is 0. The fourth-order valence-corrected chi connectivity index (χ4v) is 2.31. The van der Waals surface area contributed by atoms with Gasteiger partial charge in [0, 0.05) is 6.07 Å². The van der Waals surface area contributed by atoms with Gasteiger partial charge < -0.3 is 19.5 Å². The number of thiocarbonyl (C=S) groups is 1. The zero-order chi connectivity index (χ0) is 18.2. The number of benzene rings is 2. The molecule has 0 aliphatic heterocycles. The molecular weight excluding hydrogens is 340 g/mol. The summed E-state index contributed by atoms with van der Waals surface area (Å²) in [6.45, 7) is 1.77. The predicted octanol–water partition coefficient (Wildman–Crippen LogP) is 2.90. The Labute approximate surface area is 152 Å². The molecule has 25 heavy (non-hydrogen) atoms. The minimum Gasteiger partial charge on any atom is -0.497 e. The summed E-state index contributed by atoms with van der Waals surface area (Å²) in [7, 11) is 3.11. The Bertz CT molecular complexity index is 764. The molecule has 0 fully saturated rings. The van der Waals surface area contributed by atoms with Crippen molar-refractivity contribution in [3.05, 3.63) is 48.0 Å². The number of amides is 1. The average molecular weight is 360 g/mol. The first-order valence-corrected chi connectivity index (χ1v) is 7.95. The number of nitrogens with one attached hydrogen (secondary N) is 2. The van der Waals surface area contributed by atoms with E-state index < -0.39 is 0 Å². The molecular formula is C18H20N2O4S. The minimum absolute atomic E-state index is 0.137. The fourth-order valence-electron chi connectivity index (χ4n) is 2.09. The number of anilines is 1. The number of aryl methyl sites for hydroxylation is 1. The number of para-hydroxylation sites is 1. The Morgan fingerprint density at radius 3 is 2.52 bits per heavy atom. The van der Waals surface area contributed by atoms with Gasteiger partial charge >= 0.3 is 0 Å². The third-order valence-electron chi connectivity index (χ3n) is 3.36. The van der Waals surface area contributed by atoms with Gasteiger partial charge in [-0.3, -0.25) is 10.1 Å². The van der Waals surface area contributed by atoms with Gasteiger partial charge in [0.15, 0.2) is 11.7 Å². The van der Waals surface area contributed by atoms with Crippen LogP contribution in [0.1, 0.15) is 5.56 Å². The van der Waals surface area contributed by atoms with Crippen LogP contribution in [0, 0.1) is 6.92 Å². The maximum atomic E-state index is 12.0. The summed E-state index contributed by atoms with van der Waals surface area (Å²) in [6, 6.07) is 12.7. The van der Waals surface area contributed by atoms with E-state index in [2.05, 4.69) is 10.6 Å². The number of carbonyl (C=O) groups excluding carboxylic acids is 1. The Balaban J connectivity index is 1.91. The standard InChI is InChI=1S/C18H20N2O4S/c1-12-6-4-5-7-15(12)24-11-17(21)20-18(25)19-14-10-13(22-2)8-9-16(14)23-3/h4-10H,11H2,1-3H3,(H2,19,20,21,25). The Kier molecular flexibility index (Phi) is 6.59. The summed E-state index contributed by atoms with van der Waals surface area (Å²) in [5.41, 5.74) is 1.55. The van der Waals surface area contributed by atoms with Crippen molar-refractivity contribution in [1.29, 1.82) is 0 Å². The number of methoxy groups -OCH3 is 2. The maximum Gasteiger partial charge on any atom is 0.264 e. The summed E-state index contributed by atoms with van der Waals surface area (Å²) < 4.78 is 15.9. The topological polar surface area (TPSA) is 68.8 Å². The van der Waals surface area contributed by atoms with Crippen molar-refractivity contribution in [2.45, 2.75) is 6.92 Å². The normalized spacial score (nSPS) is 9.88. The van der Waals surface area contributed by atoms with Gasteiger partial charge in [-0.15, -0.1) is 0 Å². The van der Waals surface area contributed by atoms with Crippen LogP contribution in [0.2, 0.25) is 0 Å². The highest BCUT2D eigenvalue weighted by molar-refractivity contribution is 7.80. The van der Waals surface area contributed by atoms with Gasteiger partial charge in [0.1, 0.15) is 17.2 Å². The van der Waals surface area contributed by atoms with E-state index in [1.165, 1.54) is 0 Å². The van der Waals surface area contributed by atoms with Crippen LogP contribution in [0.3, 0.4) is 0 Å². The fraction of sp³-hybridized carbons (Fsp3) is 0.222. The molecule has 0 heterocycles. The number of ether oxygens (including phenoxy) is 3. The predicted molar refractivity (Wildman–Crippen MR) is 101 cm³/mol. The van der Waals surface area contributed by atoms with E-state index in [-0.39, 0.29) is 17.6 Å². The minimum atomic E-state index is -0.359. The molecule has 0 spiro atoms. The number of hydrogen-bond acceptors (Lipinski definition) is 5. The third-order valence-corrected chi connectivity index (χ3v) is 3.56. The molecule has 0 unspecified atom stereocenters. The first-order chi connectivity index (χ1) is 12.0. The van der Waals surface area contributed by atoms with E-state index in [1.54, 1.807) is 38.5 Å². The second kappa shape index (κ2) is 8.89. The van der Waals surface area contributed by atoms with E-state index in [4.69, 9.17) is 26.4 Å². The highest BCUT2D eigenvalue weighted by Crippen LogP contribution is 2.28. The van der Waals surface area contributed by atoms with Crippen LogP contribution < -0.4 is 24.8 Å². The van der Waals surface area contributed by atoms with E-state index in [1.807, 2.05) is 25.1 Å². The first kappa shape index (κ1) is 18.5. The van der Waals surface area contributed by atoms with Gasteiger partial charge in [-0.1, -0.05) is 18.2 Å². The van der Waals surface area contributed by atoms with Crippen LogP contribution >= 0.6 is 12.2 Å². The van der Waals surface area contributed by atoms with Crippen molar-refractivity contribution in [2.75, 3.05) is 26.1 Å². The molecule has 7 heteroatoms. The van der Waals surface area contributed by atoms with Crippen LogP contribution in [0.4, 0.5) is 5.69 Å². The summed E-state index contributed by atoms with van der Waals surface area (Å²) >= 11 is 5.16. The molecule has 6 nitrogen and oxygen atoms in total. The molecule has 2 aromatic carbocycles. The summed E-state index contributed by atoms with van der Waals surface area (Å²) in [5, 5.41) is 5.63. The molecule has 1 amide bonds. The largest absolute Gasteiger partial charge is 0.497 e. The second-order valence-corrected chi connectivity index (χ2v) is 5.53. The lowest BCUT2D eigenvalue weighted by Crippen LogP contribution is -2.37. The van der Waals surface area contributed by atoms with Gasteiger partial charge in [0.05, 0.1) is 19.9 Å². The molecule has 132 valence electrons. The van der Waals surface area contributed by atoms with Crippen LogP contribution in [-0.2, 0) is 4.79 Å². The van der Waals surface area contributed by atoms with Crippen molar-refractivity contribution >= 4 is 28.9 Å². The monoisotopic (exact) mass is 360 g/mol. The van der Waals surface area contributed by atoms with Crippen molar-refractivity contribution in [2.24, 2.45) is 0 Å². The van der Waals surface area contributed by atoms with Crippen molar-refractivity contribution < 1.29 is 19.0 Å². The SMILES string of the molecule is COc1ccc(OC)c(NC(=S)NC(=O)COc2ccccc2C)c1. The van der Waals surface area contributed by atoms with Crippen LogP contribution in [-0.4, -0.2) is 31.8 Å². The molecule has 0 atom stereocenters. The van der Waals surface area contributed by atoms with Gasteiger partial charge in [0.25, 0.3) is 5.91 Å². The van der Waals surface area contributed by atoms with E-state index >= 15 is 0 Å². The second-order valence-electron chi connectivity index (χ2n) is 5.12. The summed E-state index contributed by atoms with van der Waals surface area (Å²) in [5.74, 6) is 1.52. The van der Waals surface area contributed by atoms with Crippen LogP contribution in [0.5, 0.6) is 17.2 Å². The quantitative estimate of drug-likeness (QED) is 0.772. The van der Waals surface area contributed by atoms with Crippen molar-refractivity contribution in [1.82, 2.24) is 5.32 Å². The molecule has 2 N–H and O–H groups in total. The lowest BCUT2D eigenvalue weighted by atomic mass is 10.2. The van der Waals surface area contributed by atoms with Gasteiger partial charge in [-0.05, 0) is 42.9 Å². The lowest BCUT2D eigenvalue weighted by Gasteiger charge is -2.14. The van der Waals surface area contributed by atoms with E-state index in [0.29, 0.717) is 22.9 Å². The zero-order valence-electron chi connectivity index (χ0n) is 14.3. The van der Waals surface area contributed by atoms with Crippen LogP contribution in [0.25, 0.3) is 0 Å². The molecule has 0 saturated heterocycles. The molecule has 0 bridgehead atoms. The van der Waals surface area contributed by atoms with Gasteiger partial charge in [-0.2, -0.15) is 0 Å². The molecule has 0 aliphatic rings. The molecule has 0 aliphatic carbocycles. The smallest absolute Gasteiger partial charge is 0.264 e. The van der Waals surface area contributed by atoms with E-state index in [0.717, 1.165) is 5.56 Å². The Morgan fingerprint density at radius 2 is 1.84 bits per heavy atom. The number of carbonyl (C=O) groups is 1. The number of rotatable bonds is 6. The summed E-state index contributed by atoms with van der Waals surface area (Å²) in [4.78, 5) is 12.0.